The number of nitrogens with one attached hydrogen (secondary N) is 2. The van der Waals surface area contributed by atoms with E-state index in [4.69, 9.17) is 33.3 Å². The van der Waals surface area contributed by atoms with E-state index in [0.717, 1.165) is 5.75 Å². The minimum absolute atomic E-state index is 0.0148. The van der Waals surface area contributed by atoms with Crippen LogP contribution < -0.4 is 15.4 Å². The van der Waals surface area contributed by atoms with Gasteiger partial charge < -0.3 is 20.1 Å². The second kappa shape index (κ2) is 9.58. The molecule has 5 nitrogen and oxygen atoms in total. The molecule has 2 aromatic carbocycles. The summed E-state index contributed by atoms with van der Waals surface area (Å²) in [5.74, 6) is 0.323. The lowest BCUT2D eigenvalue weighted by Gasteiger charge is -2.18. The van der Waals surface area contributed by atoms with Gasteiger partial charge in [0.15, 0.2) is 5.11 Å². The summed E-state index contributed by atoms with van der Waals surface area (Å²) in [4.78, 5) is 11.7. The van der Waals surface area contributed by atoms with Crippen LogP contribution in [0.1, 0.15) is 28.4 Å². The molecule has 0 heterocycles. The topological polar surface area (TPSA) is 59.6 Å². The number of methoxy groups -OCH3 is 1. The van der Waals surface area contributed by atoms with Crippen LogP contribution in [0.2, 0.25) is 5.02 Å². The quantitative estimate of drug-likeness (QED) is 0.544. The van der Waals surface area contributed by atoms with Crippen molar-refractivity contribution >= 4 is 40.6 Å². The fourth-order valence-electron chi connectivity index (χ4n) is 2.33. The molecule has 2 aromatic rings. The predicted molar refractivity (Wildman–Crippen MR) is 113 cm³/mol. The van der Waals surface area contributed by atoms with Crippen molar-refractivity contribution in [2.45, 2.75) is 26.8 Å². The number of anilines is 1. The van der Waals surface area contributed by atoms with Crippen LogP contribution in [0.25, 0.3) is 0 Å². The molecule has 0 aromatic heterocycles. The van der Waals surface area contributed by atoms with Gasteiger partial charge in [0, 0.05) is 5.69 Å². The second-order valence-corrected chi connectivity index (χ2v) is 7.06. The van der Waals surface area contributed by atoms with Crippen molar-refractivity contribution in [1.82, 2.24) is 5.32 Å². The van der Waals surface area contributed by atoms with Crippen LogP contribution in [-0.2, 0) is 4.74 Å². The molecular weight excluding hydrogens is 384 g/mol. The van der Waals surface area contributed by atoms with E-state index in [1.54, 1.807) is 18.2 Å². The Hall–Kier alpha value is -2.31. The maximum absolute atomic E-state index is 11.7. The lowest BCUT2D eigenvalue weighted by molar-refractivity contribution is 0.0601. The first-order valence-electron chi connectivity index (χ1n) is 8.45. The molecule has 0 radical (unpaired) electrons. The van der Waals surface area contributed by atoms with E-state index in [1.165, 1.54) is 18.2 Å². The van der Waals surface area contributed by atoms with Gasteiger partial charge in [-0.3, -0.25) is 0 Å². The predicted octanol–water partition coefficient (Wildman–Crippen LogP) is 4.50. The van der Waals surface area contributed by atoms with Crippen molar-refractivity contribution in [3.63, 3.8) is 0 Å². The standard InChI is InChI=1S/C20H23ClN2O3S/c1-12-5-7-16(9-13(12)2)26-11-14(3)22-20(27)23-15-6-8-18(21)17(10-15)19(24)25-4/h5-10,14H,11H2,1-4H3,(H2,22,23,27)/t14-/m0/s1. The minimum atomic E-state index is -0.502. The summed E-state index contributed by atoms with van der Waals surface area (Å²) in [6, 6.07) is 10.9. The molecular formula is C20H23ClN2O3S. The van der Waals surface area contributed by atoms with Crippen molar-refractivity contribution in [2.24, 2.45) is 0 Å². The van der Waals surface area contributed by atoms with Crippen LogP contribution in [-0.4, -0.2) is 30.8 Å². The first kappa shape index (κ1) is 21.0. The first-order chi connectivity index (χ1) is 12.8. The second-order valence-electron chi connectivity index (χ2n) is 6.24. The monoisotopic (exact) mass is 406 g/mol. The summed E-state index contributed by atoms with van der Waals surface area (Å²) in [6.45, 7) is 6.54. The molecule has 0 aliphatic rings. The van der Waals surface area contributed by atoms with E-state index in [0.29, 0.717) is 22.4 Å². The number of ether oxygens (including phenoxy) is 2. The molecule has 1 atom stereocenters. The minimum Gasteiger partial charge on any atom is -0.491 e. The Morgan fingerprint density at radius 1 is 1.19 bits per heavy atom. The van der Waals surface area contributed by atoms with Crippen LogP contribution in [0.4, 0.5) is 5.69 Å². The zero-order valence-corrected chi connectivity index (χ0v) is 17.3. The number of rotatable bonds is 6. The Bertz CT molecular complexity index is 842. The number of hydrogen-bond donors (Lipinski definition) is 2. The van der Waals surface area contributed by atoms with E-state index in [-0.39, 0.29) is 11.6 Å². The highest BCUT2D eigenvalue weighted by molar-refractivity contribution is 7.80. The lowest BCUT2D eigenvalue weighted by atomic mass is 10.1. The maximum atomic E-state index is 11.7. The summed E-state index contributed by atoms with van der Waals surface area (Å²) >= 11 is 11.3. The van der Waals surface area contributed by atoms with E-state index < -0.39 is 5.97 Å². The summed E-state index contributed by atoms with van der Waals surface area (Å²) in [5.41, 5.74) is 3.33. The number of carbonyl (C=O) groups excluding carboxylic acids is 1. The third-order valence-electron chi connectivity index (χ3n) is 3.99. The van der Waals surface area contributed by atoms with Crippen molar-refractivity contribution in [1.29, 1.82) is 0 Å². The van der Waals surface area contributed by atoms with Crippen LogP contribution in [0, 0.1) is 13.8 Å². The van der Waals surface area contributed by atoms with Crippen LogP contribution in [0.5, 0.6) is 5.75 Å². The zero-order valence-electron chi connectivity index (χ0n) is 15.8. The van der Waals surface area contributed by atoms with E-state index >= 15 is 0 Å². The fourth-order valence-corrected chi connectivity index (χ4v) is 2.84. The van der Waals surface area contributed by atoms with Gasteiger partial charge in [-0.1, -0.05) is 17.7 Å². The van der Waals surface area contributed by atoms with E-state index in [9.17, 15) is 4.79 Å². The zero-order chi connectivity index (χ0) is 20.0. The van der Waals surface area contributed by atoms with Gasteiger partial charge in [-0.05, 0) is 74.4 Å². The number of benzene rings is 2. The molecule has 0 aliphatic carbocycles. The molecule has 0 spiro atoms. The Labute approximate surface area is 170 Å². The van der Waals surface area contributed by atoms with Crippen LogP contribution in [0.3, 0.4) is 0 Å². The number of halogens is 1. The van der Waals surface area contributed by atoms with E-state index in [2.05, 4.69) is 24.5 Å². The van der Waals surface area contributed by atoms with Gasteiger partial charge in [-0.25, -0.2) is 4.79 Å². The summed E-state index contributed by atoms with van der Waals surface area (Å²) < 4.78 is 10.5. The molecule has 2 N–H and O–H groups in total. The SMILES string of the molecule is COC(=O)c1cc(NC(=S)N[C@@H](C)COc2ccc(C)c(C)c2)ccc1Cl. The van der Waals surface area contributed by atoms with E-state index in [1.807, 2.05) is 25.1 Å². The molecule has 0 fully saturated rings. The van der Waals surface area contributed by atoms with Crippen molar-refractivity contribution in [3.8, 4) is 5.75 Å². The highest BCUT2D eigenvalue weighted by Gasteiger charge is 2.12. The van der Waals surface area contributed by atoms with Gasteiger partial charge in [0.2, 0.25) is 0 Å². The third kappa shape index (κ3) is 6.12. The number of aryl methyl sites for hydroxylation is 2. The van der Waals surface area contributed by atoms with Gasteiger partial charge in [0.25, 0.3) is 0 Å². The molecule has 0 aliphatic heterocycles. The summed E-state index contributed by atoms with van der Waals surface area (Å²) in [7, 11) is 1.31. The number of hydrogen-bond acceptors (Lipinski definition) is 4. The molecule has 0 amide bonds. The van der Waals surface area contributed by atoms with Crippen LogP contribution >= 0.6 is 23.8 Å². The molecule has 0 saturated carbocycles. The lowest BCUT2D eigenvalue weighted by Crippen LogP contribution is -2.39. The van der Waals surface area contributed by atoms with Crippen molar-refractivity contribution in [3.05, 3.63) is 58.1 Å². The molecule has 144 valence electrons. The molecule has 2 rings (SSSR count). The summed E-state index contributed by atoms with van der Waals surface area (Å²) in [5, 5.41) is 6.92. The summed E-state index contributed by atoms with van der Waals surface area (Å²) in [6.07, 6.45) is 0. The van der Waals surface area contributed by atoms with Crippen LogP contribution in [0.15, 0.2) is 36.4 Å². The van der Waals surface area contributed by atoms with Gasteiger partial charge in [0.1, 0.15) is 12.4 Å². The van der Waals surface area contributed by atoms with Gasteiger partial charge >= 0.3 is 5.97 Å². The van der Waals surface area contributed by atoms with Gasteiger partial charge in [-0.2, -0.15) is 0 Å². The number of thiocarbonyl (C=S) groups is 1. The normalized spacial score (nSPS) is 11.4. The molecule has 7 heteroatoms. The molecule has 0 bridgehead atoms. The Morgan fingerprint density at radius 3 is 2.59 bits per heavy atom. The number of esters is 1. The molecule has 0 unspecified atom stereocenters. The van der Waals surface area contributed by atoms with Gasteiger partial charge in [0.05, 0.1) is 23.7 Å². The van der Waals surface area contributed by atoms with Crippen molar-refractivity contribution in [2.75, 3.05) is 19.0 Å². The average Bonchev–Trinajstić information content (AvgIpc) is 2.63. The third-order valence-corrected chi connectivity index (χ3v) is 4.53. The maximum Gasteiger partial charge on any atom is 0.339 e. The first-order valence-corrected chi connectivity index (χ1v) is 9.24. The average molecular weight is 407 g/mol. The Morgan fingerprint density at radius 2 is 1.93 bits per heavy atom. The highest BCUT2D eigenvalue weighted by Crippen LogP contribution is 2.21. The highest BCUT2D eigenvalue weighted by atomic mass is 35.5. The van der Waals surface area contributed by atoms with Crippen molar-refractivity contribution < 1.29 is 14.3 Å². The number of carbonyl (C=O) groups is 1. The Balaban J connectivity index is 1.89. The largest absolute Gasteiger partial charge is 0.491 e. The molecule has 0 saturated heterocycles. The molecule has 27 heavy (non-hydrogen) atoms. The Kier molecular flexibility index (Phi) is 7.45. The van der Waals surface area contributed by atoms with Gasteiger partial charge in [-0.15, -0.1) is 0 Å². The smallest absolute Gasteiger partial charge is 0.339 e. The fraction of sp³-hybridized carbons (Fsp3) is 0.300.